The van der Waals surface area contributed by atoms with Gasteiger partial charge in [0.2, 0.25) is 5.82 Å². The van der Waals surface area contributed by atoms with Crippen LogP contribution in [0.4, 0.5) is 0 Å². The molecule has 108 valence electrons. The highest BCUT2D eigenvalue weighted by atomic mass is 32.1. The van der Waals surface area contributed by atoms with Crippen molar-refractivity contribution in [1.82, 2.24) is 24.8 Å². The first-order valence-corrected chi connectivity index (χ1v) is 8.42. The molecule has 4 rings (SSSR count). The third kappa shape index (κ3) is 2.24. The summed E-state index contributed by atoms with van der Waals surface area (Å²) in [6.07, 6.45) is 7.88. The molecule has 4 aromatic rings. The number of thiazole rings is 1. The molecule has 0 radical (unpaired) electrons. The molecule has 0 aliphatic carbocycles. The summed E-state index contributed by atoms with van der Waals surface area (Å²) in [6.45, 7) is 1.98. The van der Waals surface area contributed by atoms with E-state index in [4.69, 9.17) is 0 Å². The number of hydrogen-bond acceptors (Lipinski definition) is 6. The second-order valence-corrected chi connectivity index (χ2v) is 6.51. The van der Waals surface area contributed by atoms with Crippen molar-refractivity contribution in [2.24, 2.45) is 0 Å². The molecule has 4 heterocycles. The van der Waals surface area contributed by atoms with Crippen LogP contribution in [0.1, 0.15) is 10.6 Å². The molecule has 0 N–H and O–H groups in total. The lowest BCUT2D eigenvalue weighted by Gasteiger charge is -1.87. The summed E-state index contributed by atoms with van der Waals surface area (Å²) in [6, 6.07) is 4.12. The zero-order valence-electron chi connectivity index (χ0n) is 11.7. The van der Waals surface area contributed by atoms with Gasteiger partial charge in [0, 0.05) is 21.7 Å². The highest BCUT2D eigenvalue weighted by Gasteiger charge is 2.14. The SMILES string of the molecule is Cc1nn2c(-c3nccs3)nnc2c1=CC=Cc1cccs1. The first-order chi connectivity index (χ1) is 10.8. The highest BCUT2D eigenvalue weighted by molar-refractivity contribution is 7.13. The van der Waals surface area contributed by atoms with Crippen LogP contribution in [0.3, 0.4) is 0 Å². The minimum atomic E-state index is 0.690. The highest BCUT2D eigenvalue weighted by Crippen LogP contribution is 2.19. The summed E-state index contributed by atoms with van der Waals surface area (Å²) in [5.41, 5.74) is 1.69. The Kier molecular flexibility index (Phi) is 3.28. The third-order valence-electron chi connectivity index (χ3n) is 3.21. The van der Waals surface area contributed by atoms with Crippen molar-refractivity contribution in [3.05, 3.63) is 51.0 Å². The minimum absolute atomic E-state index is 0.690. The summed E-state index contributed by atoms with van der Waals surface area (Å²) in [5.74, 6) is 0.690. The number of hydrogen-bond donors (Lipinski definition) is 0. The average molecular weight is 325 g/mol. The normalized spacial score (nSPS) is 12.9. The second-order valence-electron chi connectivity index (χ2n) is 4.64. The lowest BCUT2D eigenvalue weighted by molar-refractivity contribution is 0.935. The average Bonchev–Trinajstić information content (AvgIpc) is 3.25. The minimum Gasteiger partial charge on any atom is -0.241 e. The van der Waals surface area contributed by atoms with Gasteiger partial charge in [0.1, 0.15) is 0 Å². The van der Waals surface area contributed by atoms with E-state index in [1.165, 1.54) is 16.2 Å². The Morgan fingerprint density at radius 1 is 1.18 bits per heavy atom. The summed E-state index contributed by atoms with van der Waals surface area (Å²) < 4.78 is 1.76. The zero-order valence-corrected chi connectivity index (χ0v) is 13.3. The smallest absolute Gasteiger partial charge is 0.214 e. The molecule has 0 aliphatic heterocycles. The molecule has 0 aliphatic rings. The summed E-state index contributed by atoms with van der Waals surface area (Å²) >= 11 is 3.24. The van der Waals surface area contributed by atoms with Crippen LogP contribution in [0.15, 0.2) is 35.2 Å². The van der Waals surface area contributed by atoms with Crippen molar-refractivity contribution >= 4 is 40.5 Å². The topological polar surface area (TPSA) is 56.0 Å². The molecule has 0 bridgehead atoms. The van der Waals surface area contributed by atoms with E-state index in [1.807, 2.05) is 30.5 Å². The van der Waals surface area contributed by atoms with E-state index in [0.717, 1.165) is 21.6 Å². The number of nitrogens with zero attached hydrogens (tertiary/aromatic N) is 5. The zero-order chi connectivity index (χ0) is 14.9. The summed E-state index contributed by atoms with van der Waals surface area (Å²) in [5, 5.41) is 18.8. The molecule has 4 aromatic heterocycles. The summed E-state index contributed by atoms with van der Waals surface area (Å²) in [4.78, 5) is 5.49. The van der Waals surface area contributed by atoms with Crippen LogP contribution in [0, 0.1) is 6.92 Å². The van der Waals surface area contributed by atoms with Crippen LogP contribution in [0.5, 0.6) is 0 Å². The van der Waals surface area contributed by atoms with Crippen LogP contribution in [-0.4, -0.2) is 24.8 Å². The van der Waals surface area contributed by atoms with Gasteiger partial charge in [0.05, 0.1) is 5.69 Å². The van der Waals surface area contributed by atoms with Gasteiger partial charge >= 0.3 is 0 Å². The number of rotatable bonds is 3. The van der Waals surface area contributed by atoms with Crippen LogP contribution >= 0.6 is 22.7 Å². The van der Waals surface area contributed by atoms with Crippen LogP contribution in [0.2, 0.25) is 0 Å². The van der Waals surface area contributed by atoms with Crippen molar-refractivity contribution in [2.75, 3.05) is 0 Å². The lowest BCUT2D eigenvalue weighted by Crippen LogP contribution is -2.01. The Bertz CT molecular complexity index is 981. The van der Waals surface area contributed by atoms with Gasteiger partial charge in [-0.05, 0) is 30.5 Å². The molecular weight excluding hydrogens is 314 g/mol. The second kappa shape index (κ2) is 5.43. The maximum Gasteiger partial charge on any atom is 0.214 e. The molecule has 5 nitrogen and oxygen atoms in total. The first-order valence-electron chi connectivity index (χ1n) is 6.66. The van der Waals surface area contributed by atoms with Gasteiger partial charge in [0.25, 0.3) is 0 Å². The molecule has 0 saturated heterocycles. The number of thiophene rings is 1. The van der Waals surface area contributed by atoms with Crippen LogP contribution in [0.25, 0.3) is 28.6 Å². The van der Waals surface area contributed by atoms with Gasteiger partial charge in [-0.15, -0.1) is 32.9 Å². The Labute approximate surface area is 134 Å². The van der Waals surface area contributed by atoms with Gasteiger partial charge < -0.3 is 0 Å². The molecule has 0 atom stereocenters. The summed E-state index contributed by atoms with van der Waals surface area (Å²) in [7, 11) is 0. The first kappa shape index (κ1) is 13.3. The van der Waals surface area contributed by atoms with E-state index in [1.54, 1.807) is 22.0 Å². The van der Waals surface area contributed by atoms with Crippen molar-refractivity contribution in [2.45, 2.75) is 6.92 Å². The van der Waals surface area contributed by atoms with E-state index >= 15 is 0 Å². The van der Waals surface area contributed by atoms with E-state index in [0.29, 0.717) is 5.82 Å². The lowest BCUT2D eigenvalue weighted by atomic mass is 10.3. The van der Waals surface area contributed by atoms with Gasteiger partial charge in [0.15, 0.2) is 10.7 Å². The monoisotopic (exact) mass is 325 g/mol. The molecule has 0 saturated carbocycles. The van der Waals surface area contributed by atoms with Crippen molar-refractivity contribution in [3.8, 4) is 10.8 Å². The Morgan fingerprint density at radius 2 is 2.14 bits per heavy atom. The van der Waals surface area contributed by atoms with Crippen molar-refractivity contribution in [3.63, 3.8) is 0 Å². The predicted molar refractivity (Wildman–Crippen MR) is 89.7 cm³/mol. The number of fused-ring (bicyclic) bond motifs is 1. The Hall–Kier alpha value is -2.38. The number of allylic oxidation sites excluding steroid dienone is 1. The van der Waals surface area contributed by atoms with E-state index < -0.39 is 0 Å². The quantitative estimate of drug-likeness (QED) is 0.581. The third-order valence-corrected chi connectivity index (χ3v) is 4.82. The van der Waals surface area contributed by atoms with Crippen molar-refractivity contribution in [1.29, 1.82) is 0 Å². The van der Waals surface area contributed by atoms with Crippen LogP contribution < -0.4 is 5.22 Å². The molecule has 0 amide bonds. The molecular formula is C15H11N5S2. The largest absolute Gasteiger partial charge is 0.241 e. The fraction of sp³-hybridized carbons (Fsp3) is 0.0667. The Balaban J connectivity index is 1.80. The fourth-order valence-corrected chi connectivity index (χ4v) is 3.43. The van der Waals surface area contributed by atoms with E-state index in [9.17, 15) is 0 Å². The maximum atomic E-state index is 4.54. The van der Waals surface area contributed by atoms with Crippen LogP contribution in [-0.2, 0) is 0 Å². The standard InChI is InChI=1S/C15H11N5S2/c1-10-12(6-2-4-11-5-3-8-21-11)13-17-18-14(20(13)19-10)15-16-7-9-22-15/h2-9H,1H3. The van der Waals surface area contributed by atoms with Gasteiger partial charge in [-0.1, -0.05) is 12.1 Å². The molecule has 7 heteroatoms. The predicted octanol–water partition coefficient (Wildman–Crippen LogP) is 2.83. The van der Waals surface area contributed by atoms with Crippen molar-refractivity contribution < 1.29 is 0 Å². The Morgan fingerprint density at radius 3 is 2.91 bits per heavy atom. The molecule has 0 aromatic carbocycles. The van der Waals surface area contributed by atoms with Gasteiger partial charge in [-0.2, -0.15) is 9.61 Å². The number of aromatic nitrogens is 5. The van der Waals surface area contributed by atoms with E-state index in [-0.39, 0.29) is 0 Å². The molecule has 0 fully saturated rings. The van der Waals surface area contributed by atoms with Gasteiger partial charge in [-0.25, -0.2) is 4.98 Å². The molecule has 0 spiro atoms. The fourth-order valence-electron chi connectivity index (χ4n) is 2.20. The van der Waals surface area contributed by atoms with Gasteiger partial charge in [-0.3, -0.25) is 0 Å². The molecule has 22 heavy (non-hydrogen) atoms. The molecule has 0 unspecified atom stereocenters. The van der Waals surface area contributed by atoms with E-state index in [2.05, 4.69) is 37.8 Å². The number of aryl methyl sites for hydroxylation is 1. The maximum absolute atomic E-state index is 4.54.